The van der Waals surface area contributed by atoms with E-state index in [2.05, 4.69) is 4.98 Å². The monoisotopic (exact) mass is 460 g/mol. The van der Waals surface area contributed by atoms with E-state index in [9.17, 15) is 8.42 Å². The van der Waals surface area contributed by atoms with Crippen LogP contribution in [-0.2, 0) is 32.3 Å². The third kappa shape index (κ3) is 5.54. The van der Waals surface area contributed by atoms with E-state index in [1.807, 2.05) is 42.0 Å². The molecule has 2 aromatic carbocycles. The summed E-state index contributed by atoms with van der Waals surface area (Å²) in [6.45, 7) is 2.58. The van der Waals surface area contributed by atoms with Crippen LogP contribution >= 0.6 is 11.6 Å². The molecule has 0 bridgehead atoms. The number of halogens is 1. The Morgan fingerprint density at radius 3 is 2.58 bits per heavy atom. The molecule has 2 heterocycles. The minimum Gasteiger partial charge on any atom is -0.345 e. The number of sulfone groups is 1. The van der Waals surface area contributed by atoms with Crippen LogP contribution in [0.15, 0.2) is 72.1 Å². The highest BCUT2D eigenvalue weighted by molar-refractivity contribution is 7.91. The maximum Gasteiger partial charge on any atom is 0.187 e. The van der Waals surface area contributed by atoms with Gasteiger partial charge in [-0.2, -0.15) is 0 Å². The number of aryl methyl sites for hydroxylation is 2. The van der Waals surface area contributed by atoms with Crippen molar-refractivity contribution in [3.05, 3.63) is 83.4 Å². The number of hydrogen-bond donors (Lipinski definition) is 0. The van der Waals surface area contributed by atoms with E-state index in [4.69, 9.17) is 21.1 Å². The van der Waals surface area contributed by atoms with Gasteiger partial charge in [-0.3, -0.25) is 0 Å². The molecule has 1 aliphatic rings. The largest absolute Gasteiger partial charge is 0.345 e. The third-order valence-corrected chi connectivity index (χ3v) is 7.44. The molecule has 6 nitrogen and oxygen atoms in total. The van der Waals surface area contributed by atoms with Gasteiger partial charge in [0, 0.05) is 23.8 Å². The van der Waals surface area contributed by atoms with E-state index < -0.39 is 21.7 Å². The molecule has 1 saturated heterocycles. The molecule has 31 heavy (non-hydrogen) atoms. The third-order valence-electron chi connectivity index (χ3n) is 5.39. The first-order valence-corrected chi connectivity index (χ1v) is 12.2. The van der Waals surface area contributed by atoms with Crippen LogP contribution in [0.4, 0.5) is 0 Å². The summed E-state index contributed by atoms with van der Waals surface area (Å²) in [7, 11) is -3.48. The van der Waals surface area contributed by atoms with Crippen molar-refractivity contribution in [1.82, 2.24) is 9.55 Å². The summed E-state index contributed by atoms with van der Waals surface area (Å²) >= 11 is 5.98. The Balaban J connectivity index is 1.48. The maximum absolute atomic E-state index is 12.9. The summed E-state index contributed by atoms with van der Waals surface area (Å²) in [6, 6.07) is 14.5. The van der Waals surface area contributed by atoms with Crippen molar-refractivity contribution >= 4 is 21.4 Å². The highest BCUT2D eigenvalue weighted by Crippen LogP contribution is 2.32. The van der Waals surface area contributed by atoms with Crippen molar-refractivity contribution < 1.29 is 17.9 Å². The fraction of sp³-hybridized carbons (Fsp3) is 0.348. The maximum atomic E-state index is 12.9. The van der Waals surface area contributed by atoms with Gasteiger partial charge >= 0.3 is 0 Å². The van der Waals surface area contributed by atoms with Gasteiger partial charge in [0.1, 0.15) is 0 Å². The standard InChI is InChI=1S/C23H25ClN2O4S/c1-18-2-8-22(9-3-18)31(27,28)15-21-14-29-23(30-21,16-26-13-12-25-17-26)11-10-19-4-6-20(24)7-5-19/h2-9,12-13,17,21H,10-11,14-16H2,1H3/t21-,23+/m0/s1. The van der Waals surface area contributed by atoms with E-state index in [0.29, 0.717) is 29.3 Å². The molecule has 1 aliphatic heterocycles. The summed E-state index contributed by atoms with van der Waals surface area (Å²) in [5, 5.41) is 0.687. The summed E-state index contributed by atoms with van der Waals surface area (Å²) in [5.41, 5.74) is 2.12. The Morgan fingerprint density at radius 1 is 1.16 bits per heavy atom. The Labute approximate surface area is 187 Å². The SMILES string of the molecule is Cc1ccc(S(=O)(=O)C[C@@H]2CO[C@@](CCc3ccc(Cl)cc3)(Cn3ccnc3)O2)cc1. The summed E-state index contributed by atoms with van der Waals surface area (Å²) < 4.78 is 40.0. The van der Waals surface area contributed by atoms with Gasteiger partial charge in [-0.25, -0.2) is 13.4 Å². The average molecular weight is 461 g/mol. The highest BCUT2D eigenvalue weighted by atomic mass is 35.5. The molecule has 164 valence electrons. The van der Waals surface area contributed by atoms with E-state index in [-0.39, 0.29) is 12.4 Å². The lowest BCUT2D eigenvalue weighted by molar-refractivity contribution is -0.180. The zero-order valence-electron chi connectivity index (χ0n) is 17.3. The molecule has 0 aliphatic carbocycles. The Hall–Kier alpha value is -2.19. The van der Waals surface area contributed by atoms with E-state index in [1.54, 1.807) is 36.8 Å². The number of imidazole rings is 1. The number of ether oxygens (including phenoxy) is 2. The van der Waals surface area contributed by atoms with Gasteiger partial charge < -0.3 is 14.0 Å². The van der Waals surface area contributed by atoms with Crippen LogP contribution in [0.25, 0.3) is 0 Å². The predicted octanol–water partition coefficient (Wildman–Crippen LogP) is 4.06. The van der Waals surface area contributed by atoms with Gasteiger partial charge in [0.05, 0.1) is 36.2 Å². The molecule has 1 fully saturated rings. The van der Waals surface area contributed by atoms with Crippen LogP contribution < -0.4 is 0 Å². The number of hydrogen-bond acceptors (Lipinski definition) is 5. The fourth-order valence-electron chi connectivity index (χ4n) is 3.72. The molecule has 0 amide bonds. The van der Waals surface area contributed by atoms with Gasteiger partial charge in [0.25, 0.3) is 0 Å². The van der Waals surface area contributed by atoms with Gasteiger partial charge in [-0.1, -0.05) is 41.4 Å². The molecule has 0 spiro atoms. The van der Waals surface area contributed by atoms with Gasteiger partial charge in [0.2, 0.25) is 0 Å². The zero-order chi connectivity index (χ0) is 21.9. The molecule has 0 radical (unpaired) electrons. The Bertz CT molecular complexity index is 1100. The number of benzene rings is 2. The first-order chi connectivity index (χ1) is 14.8. The van der Waals surface area contributed by atoms with Crippen molar-refractivity contribution in [2.75, 3.05) is 12.4 Å². The van der Waals surface area contributed by atoms with Crippen molar-refractivity contribution in [2.24, 2.45) is 0 Å². The molecule has 0 N–H and O–H groups in total. The van der Waals surface area contributed by atoms with Crippen molar-refractivity contribution in [1.29, 1.82) is 0 Å². The lowest BCUT2D eigenvalue weighted by Gasteiger charge is -2.28. The number of aromatic nitrogens is 2. The van der Waals surface area contributed by atoms with Gasteiger partial charge in [-0.05, 0) is 43.2 Å². The van der Waals surface area contributed by atoms with Crippen LogP contribution in [0.5, 0.6) is 0 Å². The smallest absolute Gasteiger partial charge is 0.187 e. The second-order valence-electron chi connectivity index (χ2n) is 7.92. The highest BCUT2D eigenvalue weighted by Gasteiger charge is 2.43. The molecule has 4 rings (SSSR count). The molecular weight excluding hydrogens is 436 g/mol. The predicted molar refractivity (Wildman–Crippen MR) is 119 cm³/mol. The van der Waals surface area contributed by atoms with Crippen molar-refractivity contribution in [3.63, 3.8) is 0 Å². The molecule has 3 aromatic rings. The summed E-state index contributed by atoms with van der Waals surface area (Å²) in [5.74, 6) is -1.05. The summed E-state index contributed by atoms with van der Waals surface area (Å²) in [6.07, 6.45) is 5.98. The molecule has 2 atom stereocenters. The van der Waals surface area contributed by atoms with Crippen LogP contribution in [0.1, 0.15) is 17.5 Å². The second-order valence-corrected chi connectivity index (χ2v) is 10.4. The van der Waals surface area contributed by atoms with Crippen LogP contribution in [0, 0.1) is 6.92 Å². The van der Waals surface area contributed by atoms with Gasteiger partial charge in [-0.15, -0.1) is 0 Å². The molecular formula is C23H25ClN2O4S. The second kappa shape index (κ2) is 9.12. The normalized spacial score (nSPS) is 21.4. The molecule has 8 heteroatoms. The van der Waals surface area contributed by atoms with E-state index in [0.717, 1.165) is 11.1 Å². The fourth-order valence-corrected chi connectivity index (χ4v) is 5.25. The first-order valence-electron chi connectivity index (χ1n) is 10.1. The van der Waals surface area contributed by atoms with Gasteiger partial charge in [0.15, 0.2) is 15.6 Å². The Kier molecular flexibility index (Phi) is 6.48. The van der Waals surface area contributed by atoms with E-state index in [1.165, 1.54) is 0 Å². The lowest BCUT2D eigenvalue weighted by atomic mass is 10.0. The first kappa shape index (κ1) is 22.0. The number of nitrogens with zero attached hydrogens (tertiary/aromatic N) is 2. The van der Waals surface area contributed by atoms with Crippen molar-refractivity contribution in [2.45, 2.75) is 43.1 Å². The average Bonchev–Trinajstić information content (AvgIpc) is 3.38. The quantitative estimate of drug-likeness (QED) is 0.507. The minimum atomic E-state index is -3.48. The van der Waals surface area contributed by atoms with Crippen LogP contribution in [0.2, 0.25) is 5.02 Å². The topological polar surface area (TPSA) is 70.4 Å². The van der Waals surface area contributed by atoms with Crippen molar-refractivity contribution in [3.8, 4) is 0 Å². The molecule has 0 saturated carbocycles. The Morgan fingerprint density at radius 2 is 1.90 bits per heavy atom. The lowest BCUT2D eigenvalue weighted by Crippen LogP contribution is -2.37. The van der Waals surface area contributed by atoms with Crippen LogP contribution in [-0.4, -0.2) is 42.2 Å². The van der Waals surface area contributed by atoms with E-state index >= 15 is 0 Å². The molecule has 0 unspecified atom stereocenters. The minimum absolute atomic E-state index is 0.122. The molecule has 1 aromatic heterocycles. The van der Waals surface area contributed by atoms with Crippen LogP contribution in [0.3, 0.4) is 0 Å². The number of rotatable bonds is 8. The zero-order valence-corrected chi connectivity index (χ0v) is 18.8. The summed E-state index contributed by atoms with van der Waals surface area (Å²) in [4.78, 5) is 4.39.